The van der Waals surface area contributed by atoms with Crippen LogP contribution in [0.1, 0.15) is 28.1 Å². The monoisotopic (exact) mass is 830 g/mol. The molecule has 0 aliphatic heterocycles. The molecule has 0 saturated carbocycles. The van der Waals surface area contributed by atoms with Gasteiger partial charge in [-0.3, -0.25) is 4.68 Å². The summed E-state index contributed by atoms with van der Waals surface area (Å²) in [5.74, 6) is 2.00. The van der Waals surface area contributed by atoms with Gasteiger partial charge in [0, 0.05) is 45.7 Å². The first kappa shape index (κ1) is 31.8. The second-order valence-electron chi connectivity index (χ2n) is 12.9. The quantitative estimate of drug-likeness (QED) is 0.162. The topological polar surface area (TPSA) is 49.8 Å². The molecule has 4 aromatic heterocycles. The largest absolute Gasteiger partial charge is 2.00 e. The molecule has 0 spiro atoms. The molecule has 246 valence electrons. The predicted octanol–water partition coefficient (Wildman–Crippen LogP) is 10.4. The number of rotatable bonds is 5. The average Bonchev–Trinajstić information content (AvgIpc) is 3.74. The minimum absolute atomic E-state index is 0. The fraction of sp³-hybridized carbons (Fsp3) is 0.116. The Morgan fingerprint density at radius 2 is 1.34 bits per heavy atom. The van der Waals surface area contributed by atoms with Gasteiger partial charge in [0.2, 0.25) is 0 Å². The fourth-order valence-electron chi connectivity index (χ4n) is 7.33. The van der Waals surface area contributed by atoms with Crippen LogP contribution in [0.5, 0.6) is 11.5 Å². The van der Waals surface area contributed by atoms with E-state index in [1.807, 2.05) is 49.0 Å². The molecular formula is C43H33N5OPt. The summed E-state index contributed by atoms with van der Waals surface area (Å²) >= 11 is 0. The van der Waals surface area contributed by atoms with Gasteiger partial charge in [-0.25, -0.2) is 4.98 Å². The standard InChI is InChI=1S/C43H33N5O.Pt/c1-26-15-18-39-38(21-26)35-17-16-34(49-33-12-8-11-32(23-33)48-30(5)22-29(4)45-48)25-40(35)47(39)41-24-31(19-20-44-41)46-42-27(2)9-6-13-36(42)37-14-7-10-28(3)43(37)46;/h6-22,24H,1-5H3;/q-2;+2. The van der Waals surface area contributed by atoms with Gasteiger partial charge in [0.25, 0.3) is 0 Å². The normalized spacial score (nSPS) is 11.5. The Bertz CT molecular complexity index is 2710. The number of hydrogen-bond acceptors (Lipinski definition) is 3. The molecular weight excluding hydrogens is 798 g/mol. The van der Waals surface area contributed by atoms with Gasteiger partial charge in [0.05, 0.1) is 22.4 Å². The molecule has 0 atom stereocenters. The Kier molecular flexibility index (Phi) is 7.73. The molecule has 7 heteroatoms. The van der Waals surface area contributed by atoms with Crippen LogP contribution < -0.4 is 4.74 Å². The van der Waals surface area contributed by atoms with Crippen molar-refractivity contribution in [2.45, 2.75) is 34.6 Å². The van der Waals surface area contributed by atoms with E-state index in [0.717, 1.165) is 50.4 Å². The van der Waals surface area contributed by atoms with E-state index in [0.29, 0.717) is 11.5 Å². The van der Waals surface area contributed by atoms with Gasteiger partial charge in [-0.1, -0.05) is 59.6 Å². The van der Waals surface area contributed by atoms with Gasteiger partial charge in [-0.05, 0) is 75.0 Å². The molecule has 0 radical (unpaired) electrons. The van der Waals surface area contributed by atoms with Gasteiger partial charge in [-0.2, -0.15) is 17.2 Å². The molecule has 4 heterocycles. The molecule has 9 rings (SSSR count). The van der Waals surface area contributed by atoms with Crippen molar-refractivity contribution in [3.05, 3.63) is 150 Å². The van der Waals surface area contributed by atoms with Crippen LogP contribution in [0.15, 0.2) is 109 Å². The van der Waals surface area contributed by atoms with Crippen LogP contribution >= 0.6 is 0 Å². The maximum absolute atomic E-state index is 6.42. The van der Waals surface area contributed by atoms with Crippen LogP contribution in [0.25, 0.3) is 60.8 Å². The Labute approximate surface area is 304 Å². The summed E-state index contributed by atoms with van der Waals surface area (Å²) in [6.45, 7) is 10.5. The van der Waals surface area contributed by atoms with Gasteiger partial charge in [-0.15, -0.1) is 35.7 Å². The van der Waals surface area contributed by atoms with E-state index in [4.69, 9.17) is 9.72 Å². The number of aryl methyl sites for hydroxylation is 5. The number of para-hydroxylation sites is 2. The molecule has 0 saturated heterocycles. The molecule has 6 nitrogen and oxygen atoms in total. The zero-order valence-electron chi connectivity index (χ0n) is 28.4. The van der Waals surface area contributed by atoms with Crippen molar-refractivity contribution >= 4 is 43.6 Å². The van der Waals surface area contributed by atoms with Crippen LogP contribution in [0.3, 0.4) is 0 Å². The number of aromatic nitrogens is 5. The summed E-state index contributed by atoms with van der Waals surface area (Å²) in [5, 5.41) is 9.35. The molecule has 0 aliphatic rings. The van der Waals surface area contributed by atoms with Gasteiger partial charge in [0.1, 0.15) is 5.82 Å². The number of benzene rings is 5. The summed E-state index contributed by atoms with van der Waals surface area (Å²) in [5.41, 5.74) is 11.9. The van der Waals surface area contributed by atoms with Gasteiger partial charge >= 0.3 is 21.1 Å². The minimum atomic E-state index is 0. The smallest absolute Gasteiger partial charge is 0.509 e. The maximum Gasteiger partial charge on any atom is 2.00 e. The molecule has 0 amide bonds. The summed E-state index contributed by atoms with van der Waals surface area (Å²) in [4.78, 5) is 4.96. The molecule has 5 aromatic carbocycles. The zero-order valence-corrected chi connectivity index (χ0v) is 30.6. The van der Waals surface area contributed by atoms with E-state index < -0.39 is 0 Å². The van der Waals surface area contributed by atoms with Crippen LogP contribution in [-0.4, -0.2) is 23.9 Å². The molecule has 0 unspecified atom stereocenters. The first-order valence-corrected chi connectivity index (χ1v) is 16.5. The first-order valence-electron chi connectivity index (χ1n) is 16.5. The van der Waals surface area contributed by atoms with Gasteiger partial charge < -0.3 is 13.9 Å². The average molecular weight is 831 g/mol. The third kappa shape index (κ3) is 5.05. The van der Waals surface area contributed by atoms with Gasteiger partial charge in [0.15, 0.2) is 0 Å². The number of ether oxygens (including phenoxy) is 1. The zero-order chi connectivity index (χ0) is 33.4. The number of pyridine rings is 1. The molecule has 0 aliphatic carbocycles. The van der Waals surface area contributed by atoms with E-state index in [-0.39, 0.29) is 21.1 Å². The van der Waals surface area contributed by atoms with Crippen molar-refractivity contribution in [2.24, 2.45) is 0 Å². The molecule has 0 N–H and O–H groups in total. The second kappa shape index (κ2) is 12.2. The molecule has 50 heavy (non-hydrogen) atoms. The number of fused-ring (bicyclic) bond motifs is 6. The van der Waals surface area contributed by atoms with E-state index in [1.54, 1.807) is 0 Å². The summed E-state index contributed by atoms with van der Waals surface area (Å²) in [7, 11) is 0. The summed E-state index contributed by atoms with van der Waals surface area (Å²) < 4.78 is 12.9. The minimum Gasteiger partial charge on any atom is -0.509 e. The van der Waals surface area contributed by atoms with Crippen molar-refractivity contribution in [1.29, 1.82) is 0 Å². The predicted molar refractivity (Wildman–Crippen MR) is 198 cm³/mol. The Morgan fingerprint density at radius 1 is 0.620 bits per heavy atom. The molecule has 0 bridgehead atoms. The van der Waals surface area contributed by atoms with E-state index in [9.17, 15) is 0 Å². The third-order valence-electron chi connectivity index (χ3n) is 9.44. The van der Waals surface area contributed by atoms with Crippen molar-refractivity contribution in [2.75, 3.05) is 0 Å². The fourth-order valence-corrected chi connectivity index (χ4v) is 7.33. The molecule has 9 aromatic rings. The van der Waals surface area contributed by atoms with Crippen LogP contribution in [0.4, 0.5) is 0 Å². The molecule has 0 fully saturated rings. The SMILES string of the molecule is Cc1ccc2c(c1)c1ccc(Oc3[c-]c(-n4nc(C)cc4C)ccc3)[c-]c1n2-c1cc(-n2c3c(C)cccc3c3cccc(C)c32)ccn1.[Pt+2]. The second-order valence-corrected chi connectivity index (χ2v) is 12.9. The Balaban J connectivity index is 0.00000361. The van der Waals surface area contributed by atoms with Crippen LogP contribution in [-0.2, 0) is 21.1 Å². The summed E-state index contributed by atoms with van der Waals surface area (Å²) in [6.07, 6.45) is 1.91. The Hall–Kier alpha value is -5.45. The third-order valence-corrected chi connectivity index (χ3v) is 9.44. The van der Waals surface area contributed by atoms with Crippen LogP contribution in [0, 0.1) is 46.8 Å². The number of nitrogens with zero attached hydrogens (tertiary/aromatic N) is 5. The first-order chi connectivity index (χ1) is 23.8. The summed E-state index contributed by atoms with van der Waals surface area (Å²) in [6, 6.07) is 42.9. The van der Waals surface area contributed by atoms with E-state index >= 15 is 0 Å². The van der Waals surface area contributed by atoms with Crippen molar-refractivity contribution in [3.63, 3.8) is 0 Å². The number of hydrogen-bond donors (Lipinski definition) is 0. The van der Waals surface area contributed by atoms with E-state index in [1.165, 1.54) is 38.5 Å². The van der Waals surface area contributed by atoms with Crippen molar-refractivity contribution in [3.8, 4) is 28.7 Å². The Morgan fingerprint density at radius 3 is 2.06 bits per heavy atom. The maximum atomic E-state index is 6.42. The van der Waals surface area contributed by atoms with Crippen molar-refractivity contribution < 1.29 is 25.8 Å². The van der Waals surface area contributed by atoms with Crippen LogP contribution in [0.2, 0.25) is 0 Å². The van der Waals surface area contributed by atoms with Crippen molar-refractivity contribution in [1.82, 2.24) is 23.9 Å². The van der Waals surface area contributed by atoms with E-state index in [2.05, 4.69) is 126 Å².